The summed E-state index contributed by atoms with van der Waals surface area (Å²) in [5.74, 6) is -0.0163. The summed E-state index contributed by atoms with van der Waals surface area (Å²) in [5.41, 5.74) is 0. The zero-order valence-corrected chi connectivity index (χ0v) is 13.4. The van der Waals surface area contributed by atoms with Crippen LogP contribution in [0, 0.1) is 0 Å². The number of carbonyl (C=O) groups excluding carboxylic acids is 1. The van der Waals surface area contributed by atoms with Gasteiger partial charge in [0.1, 0.15) is 6.61 Å². The lowest BCUT2D eigenvalue weighted by atomic mass is 10.2. The summed E-state index contributed by atoms with van der Waals surface area (Å²) in [7, 11) is 2.18. The number of carbonyl (C=O) groups is 1. The van der Waals surface area contributed by atoms with E-state index in [1.165, 1.54) is 45.6 Å². The van der Waals surface area contributed by atoms with Crippen molar-refractivity contribution in [2.75, 3.05) is 53.0 Å². The molecular weight excluding hydrogens is 254 g/mol. The van der Waals surface area contributed by atoms with E-state index in [0.29, 0.717) is 6.61 Å². The number of rotatable bonds is 9. The van der Waals surface area contributed by atoms with Crippen molar-refractivity contribution in [1.29, 1.82) is 0 Å². The summed E-state index contributed by atoms with van der Waals surface area (Å²) in [6, 6.07) is 0.190. The molecule has 0 aromatic carbocycles. The van der Waals surface area contributed by atoms with Gasteiger partial charge in [-0.3, -0.25) is 4.79 Å². The van der Waals surface area contributed by atoms with E-state index in [0.717, 1.165) is 6.42 Å². The molecule has 5 heteroatoms. The van der Waals surface area contributed by atoms with Crippen molar-refractivity contribution in [3.63, 3.8) is 0 Å². The highest BCUT2D eigenvalue weighted by atomic mass is 16.5. The SMILES string of the molecule is CC(C)NC(=O)COCCCCCN1CCN(C)CC1. The number of nitrogens with zero attached hydrogens (tertiary/aromatic N) is 2. The monoisotopic (exact) mass is 285 g/mol. The first-order chi connectivity index (χ1) is 9.58. The number of amides is 1. The molecule has 1 amide bonds. The minimum Gasteiger partial charge on any atom is -0.372 e. The van der Waals surface area contributed by atoms with E-state index < -0.39 is 0 Å². The van der Waals surface area contributed by atoms with Crippen LogP contribution < -0.4 is 5.32 Å². The molecule has 1 N–H and O–H groups in total. The van der Waals surface area contributed by atoms with Crippen LogP contribution in [0.5, 0.6) is 0 Å². The normalized spacial score (nSPS) is 17.6. The second kappa shape index (κ2) is 10.1. The van der Waals surface area contributed by atoms with Gasteiger partial charge < -0.3 is 19.9 Å². The quantitative estimate of drug-likeness (QED) is 0.641. The van der Waals surface area contributed by atoms with E-state index in [2.05, 4.69) is 22.2 Å². The summed E-state index contributed by atoms with van der Waals surface area (Å²) in [6.07, 6.45) is 3.45. The Morgan fingerprint density at radius 3 is 2.50 bits per heavy atom. The lowest BCUT2D eigenvalue weighted by Gasteiger charge is -2.32. The van der Waals surface area contributed by atoms with Gasteiger partial charge in [0.2, 0.25) is 5.91 Å². The van der Waals surface area contributed by atoms with Crippen LogP contribution in [0.25, 0.3) is 0 Å². The van der Waals surface area contributed by atoms with E-state index in [4.69, 9.17) is 4.74 Å². The minimum atomic E-state index is -0.0163. The predicted octanol–water partition coefficient (Wildman–Crippen LogP) is 0.945. The number of likely N-dealkylation sites (N-methyl/N-ethyl adjacent to an activating group) is 1. The highest BCUT2D eigenvalue weighted by Crippen LogP contribution is 2.03. The number of hydrogen-bond donors (Lipinski definition) is 1. The highest BCUT2D eigenvalue weighted by molar-refractivity contribution is 5.77. The maximum absolute atomic E-state index is 11.3. The van der Waals surface area contributed by atoms with Gasteiger partial charge in [-0.15, -0.1) is 0 Å². The van der Waals surface area contributed by atoms with Crippen LogP contribution in [0.3, 0.4) is 0 Å². The fraction of sp³-hybridized carbons (Fsp3) is 0.933. The van der Waals surface area contributed by atoms with Gasteiger partial charge >= 0.3 is 0 Å². The molecule has 1 fully saturated rings. The number of unbranched alkanes of at least 4 members (excludes halogenated alkanes) is 2. The van der Waals surface area contributed by atoms with Crippen LogP contribution in [0.2, 0.25) is 0 Å². The number of hydrogen-bond acceptors (Lipinski definition) is 4. The van der Waals surface area contributed by atoms with Crippen LogP contribution in [-0.2, 0) is 9.53 Å². The van der Waals surface area contributed by atoms with Gasteiger partial charge in [-0.1, -0.05) is 0 Å². The molecular formula is C15H31N3O2. The van der Waals surface area contributed by atoms with E-state index in [1.807, 2.05) is 13.8 Å². The molecule has 0 saturated carbocycles. The average molecular weight is 285 g/mol. The Kier molecular flexibility index (Phi) is 8.82. The Bertz CT molecular complexity index is 264. The summed E-state index contributed by atoms with van der Waals surface area (Å²) < 4.78 is 5.37. The molecule has 1 heterocycles. The Labute approximate surface area is 123 Å². The fourth-order valence-corrected chi connectivity index (χ4v) is 2.32. The smallest absolute Gasteiger partial charge is 0.246 e. The van der Waals surface area contributed by atoms with E-state index in [-0.39, 0.29) is 18.6 Å². The number of piperazine rings is 1. The van der Waals surface area contributed by atoms with Crippen LogP contribution in [-0.4, -0.2) is 74.7 Å². The van der Waals surface area contributed by atoms with Crippen molar-refractivity contribution in [1.82, 2.24) is 15.1 Å². The second-order valence-electron chi connectivity index (χ2n) is 5.98. The lowest BCUT2D eigenvalue weighted by Crippen LogP contribution is -2.44. The summed E-state index contributed by atoms with van der Waals surface area (Å²) in [6.45, 7) is 10.8. The van der Waals surface area contributed by atoms with E-state index in [9.17, 15) is 4.79 Å². The van der Waals surface area contributed by atoms with Gasteiger partial charge in [0.25, 0.3) is 0 Å². The molecule has 5 nitrogen and oxygen atoms in total. The molecule has 0 radical (unpaired) electrons. The molecule has 0 bridgehead atoms. The van der Waals surface area contributed by atoms with E-state index >= 15 is 0 Å². The van der Waals surface area contributed by atoms with Gasteiger partial charge in [0.05, 0.1) is 0 Å². The van der Waals surface area contributed by atoms with Crippen molar-refractivity contribution >= 4 is 5.91 Å². The molecule has 0 aliphatic carbocycles. The molecule has 20 heavy (non-hydrogen) atoms. The molecule has 0 aromatic rings. The van der Waals surface area contributed by atoms with Gasteiger partial charge in [-0.25, -0.2) is 0 Å². The summed E-state index contributed by atoms with van der Waals surface area (Å²) in [5, 5.41) is 2.82. The third-order valence-electron chi connectivity index (χ3n) is 3.54. The maximum Gasteiger partial charge on any atom is 0.246 e. The Hall–Kier alpha value is -0.650. The Morgan fingerprint density at radius 1 is 1.15 bits per heavy atom. The summed E-state index contributed by atoms with van der Waals surface area (Å²) in [4.78, 5) is 16.2. The number of ether oxygens (including phenoxy) is 1. The molecule has 118 valence electrons. The topological polar surface area (TPSA) is 44.8 Å². The minimum absolute atomic E-state index is 0.0163. The largest absolute Gasteiger partial charge is 0.372 e. The van der Waals surface area contributed by atoms with Gasteiger partial charge in [0, 0.05) is 38.8 Å². The van der Waals surface area contributed by atoms with E-state index in [1.54, 1.807) is 0 Å². The third kappa shape index (κ3) is 8.51. The Morgan fingerprint density at radius 2 is 1.85 bits per heavy atom. The van der Waals surface area contributed by atoms with Crippen LogP contribution >= 0.6 is 0 Å². The zero-order chi connectivity index (χ0) is 14.8. The molecule has 0 atom stereocenters. The first-order valence-corrected chi connectivity index (χ1v) is 7.86. The predicted molar refractivity (Wildman–Crippen MR) is 81.9 cm³/mol. The molecule has 0 aromatic heterocycles. The molecule has 1 aliphatic heterocycles. The molecule has 1 aliphatic rings. The van der Waals surface area contributed by atoms with Crippen molar-refractivity contribution in [2.24, 2.45) is 0 Å². The fourth-order valence-electron chi connectivity index (χ4n) is 2.32. The highest BCUT2D eigenvalue weighted by Gasteiger charge is 2.12. The molecule has 0 unspecified atom stereocenters. The first kappa shape index (κ1) is 17.4. The van der Waals surface area contributed by atoms with Crippen molar-refractivity contribution < 1.29 is 9.53 Å². The third-order valence-corrected chi connectivity index (χ3v) is 3.54. The average Bonchev–Trinajstić information content (AvgIpc) is 2.39. The standard InChI is InChI=1S/C15H31N3O2/c1-14(2)16-15(19)13-20-12-6-4-5-7-18-10-8-17(3)9-11-18/h14H,4-13H2,1-3H3,(H,16,19). The molecule has 0 spiro atoms. The van der Waals surface area contributed by atoms with Crippen molar-refractivity contribution in [2.45, 2.75) is 39.2 Å². The maximum atomic E-state index is 11.3. The second-order valence-corrected chi connectivity index (χ2v) is 5.98. The first-order valence-electron chi connectivity index (χ1n) is 7.86. The van der Waals surface area contributed by atoms with Gasteiger partial charge in [0.15, 0.2) is 0 Å². The zero-order valence-electron chi connectivity index (χ0n) is 13.4. The van der Waals surface area contributed by atoms with Gasteiger partial charge in [-0.05, 0) is 46.7 Å². The molecule has 1 saturated heterocycles. The molecule has 1 rings (SSSR count). The van der Waals surface area contributed by atoms with Crippen LogP contribution in [0.15, 0.2) is 0 Å². The van der Waals surface area contributed by atoms with Gasteiger partial charge in [-0.2, -0.15) is 0 Å². The Balaban J connectivity index is 1.86. The van der Waals surface area contributed by atoms with Crippen LogP contribution in [0.4, 0.5) is 0 Å². The lowest BCUT2D eigenvalue weighted by molar-refractivity contribution is -0.126. The number of nitrogens with one attached hydrogen (secondary N) is 1. The summed E-state index contributed by atoms with van der Waals surface area (Å²) >= 11 is 0. The van der Waals surface area contributed by atoms with Crippen molar-refractivity contribution in [3.05, 3.63) is 0 Å². The van der Waals surface area contributed by atoms with Crippen LogP contribution in [0.1, 0.15) is 33.1 Å². The van der Waals surface area contributed by atoms with Crippen molar-refractivity contribution in [3.8, 4) is 0 Å².